The molecule has 12 heteroatoms. The molecule has 0 saturated carbocycles. The van der Waals surface area contributed by atoms with E-state index in [1.54, 1.807) is 6.07 Å². The lowest BCUT2D eigenvalue weighted by molar-refractivity contribution is -0.277. The molecule has 0 amide bonds. The first-order valence-electron chi connectivity index (χ1n) is 10.8. The second kappa shape index (κ2) is 10.2. The van der Waals surface area contributed by atoms with Gasteiger partial charge in [0.15, 0.2) is 17.3 Å². The molecule has 2 aromatic carbocycles. The van der Waals surface area contributed by atoms with E-state index in [0.717, 1.165) is 0 Å². The van der Waals surface area contributed by atoms with E-state index in [1.165, 1.54) is 45.6 Å². The molecule has 5 atom stereocenters. The van der Waals surface area contributed by atoms with Gasteiger partial charge in [-0.05, 0) is 18.2 Å². The highest BCUT2D eigenvalue weighted by atomic mass is 16.7. The fourth-order valence-corrected chi connectivity index (χ4v) is 3.95. The van der Waals surface area contributed by atoms with Crippen LogP contribution in [-0.4, -0.2) is 84.2 Å². The number of aliphatic hydroxyl groups is 4. The van der Waals surface area contributed by atoms with Gasteiger partial charge in [0.1, 0.15) is 46.9 Å². The van der Waals surface area contributed by atoms with Crippen molar-refractivity contribution in [3.63, 3.8) is 0 Å². The Morgan fingerprint density at radius 3 is 2.31 bits per heavy atom. The van der Waals surface area contributed by atoms with Gasteiger partial charge in [0.25, 0.3) is 0 Å². The summed E-state index contributed by atoms with van der Waals surface area (Å²) >= 11 is 0. The van der Waals surface area contributed by atoms with Crippen LogP contribution in [0.2, 0.25) is 0 Å². The van der Waals surface area contributed by atoms with Crippen LogP contribution in [0.3, 0.4) is 0 Å². The molecule has 0 aliphatic carbocycles. The van der Waals surface area contributed by atoms with Crippen LogP contribution in [0.15, 0.2) is 39.5 Å². The normalized spacial score (nSPS) is 23.9. The number of ether oxygens (including phenoxy) is 5. The molecule has 36 heavy (non-hydrogen) atoms. The smallest absolute Gasteiger partial charge is 0.239 e. The minimum atomic E-state index is -1.65. The summed E-state index contributed by atoms with van der Waals surface area (Å²) in [5, 5.41) is 50.1. The SMILES string of the molecule is COc1cc(O)c2c(=O)c(OC)c(-c3ccc(OC)c(O[C@@H]4O[C@H](CO)[C@@H](O)[C@H](O)[C@H]4O)c3)oc2c1. The third-order valence-corrected chi connectivity index (χ3v) is 5.86. The monoisotopic (exact) mass is 506 g/mol. The van der Waals surface area contributed by atoms with Crippen molar-refractivity contribution in [2.24, 2.45) is 0 Å². The Morgan fingerprint density at radius 1 is 0.917 bits per heavy atom. The molecule has 1 saturated heterocycles. The molecule has 194 valence electrons. The Hall–Kier alpha value is -3.55. The maximum absolute atomic E-state index is 13.1. The van der Waals surface area contributed by atoms with Crippen molar-refractivity contribution in [1.82, 2.24) is 0 Å². The minimum Gasteiger partial charge on any atom is -0.507 e. The number of methoxy groups -OCH3 is 3. The third-order valence-electron chi connectivity index (χ3n) is 5.86. The zero-order valence-corrected chi connectivity index (χ0v) is 19.6. The highest BCUT2D eigenvalue weighted by Crippen LogP contribution is 2.40. The summed E-state index contributed by atoms with van der Waals surface area (Å²) in [6.07, 6.45) is -7.50. The van der Waals surface area contributed by atoms with Crippen molar-refractivity contribution in [1.29, 1.82) is 0 Å². The summed E-state index contributed by atoms with van der Waals surface area (Å²) in [5.41, 5.74) is -0.283. The zero-order valence-electron chi connectivity index (χ0n) is 19.6. The van der Waals surface area contributed by atoms with Crippen molar-refractivity contribution in [3.05, 3.63) is 40.6 Å². The average Bonchev–Trinajstić information content (AvgIpc) is 2.88. The molecule has 0 unspecified atom stereocenters. The molecule has 3 aromatic rings. The number of hydrogen-bond acceptors (Lipinski definition) is 12. The molecule has 1 aromatic heterocycles. The Morgan fingerprint density at radius 2 is 1.67 bits per heavy atom. The highest BCUT2D eigenvalue weighted by Gasteiger charge is 2.45. The molecule has 2 heterocycles. The summed E-state index contributed by atoms with van der Waals surface area (Å²) in [6.45, 7) is -0.627. The van der Waals surface area contributed by atoms with Gasteiger partial charge in [-0.2, -0.15) is 0 Å². The maximum Gasteiger partial charge on any atom is 0.239 e. The van der Waals surface area contributed by atoms with Gasteiger partial charge in [-0.25, -0.2) is 0 Å². The Bertz CT molecular complexity index is 1300. The second-order valence-electron chi connectivity index (χ2n) is 7.99. The van der Waals surface area contributed by atoms with Crippen molar-refractivity contribution >= 4 is 11.0 Å². The van der Waals surface area contributed by atoms with Crippen LogP contribution in [0.5, 0.6) is 28.7 Å². The Balaban J connectivity index is 1.81. The van der Waals surface area contributed by atoms with Gasteiger partial charge in [0, 0.05) is 17.7 Å². The number of aromatic hydroxyl groups is 1. The van der Waals surface area contributed by atoms with E-state index in [-0.39, 0.29) is 45.5 Å². The van der Waals surface area contributed by atoms with Gasteiger partial charge < -0.3 is 53.6 Å². The molecule has 12 nitrogen and oxygen atoms in total. The van der Waals surface area contributed by atoms with Gasteiger partial charge in [-0.1, -0.05) is 0 Å². The topological polar surface area (TPSA) is 178 Å². The fourth-order valence-electron chi connectivity index (χ4n) is 3.95. The standard InChI is InChI=1S/C24H26O12/c1-31-11-7-12(26)17-15(8-11)34-22(23(33-3)19(17)28)10-4-5-13(32-2)14(6-10)35-24-21(30)20(29)18(27)16(9-25)36-24/h4-8,16,18,20-21,24-27,29-30H,9H2,1-3H3/t16-,18-,20+,21-,24-/m1/s1. The van der Waals surface area contributed by atoms with Crippen LogP contribution in [0.4, 0.5) is 0 Å². The number of benzene rings is 2. The van der Waals surface area contributed by atoms with E-state index in [2.05, 4.69) is 0 Å². The fraction of sp³-hybridized carbons (Fsp3) is 0.375. The van der Waals surface area contributed by atoms with E-state index in [0.29, 0.717) is 5.56 Å². The average molecular weight is 506 g/mol. The van der Waals surface area contributed by atoms with Crippen LogP contribution in [0.25, 0.3) is 22.3 Å². The number of aliphatic hydroxyl groups excluding tert-OH is 4. The van der Waals surface area contributed by atoms with Gasteiger partial charge >= 0.3 is 0 Å². The first-order valence-corrected chi connectivity index (χ1v) is 10.8. The van der Waals surface area contributed by atoms with E-state index < -0.39 is 42.7 Å². The lowest BCUT2D eigenvalue weighted by atomic mass is 9.99. The molecule has 0 bridgehead atoms. The number of hydrogen-bond donors (Lipinski definition) is 5. The number of phenols is 1. The number of rotatable bonds is 7. The minimum absolute atomic E-state index is 0.00367. The van der Waals surface area contributed by atoms with Crippen molar-refractivity contribution < 1.29 is 53.6 Å². The van der Waals surface area contributed by atoms with Crippen LogP contribution >= 0.6 is 0 Å². The molecule has 5 N–H and O–H groups in total. The van der Waals surface area contributed by atoms with E-state index in [4.69, 9.17) is 28.1 Å². The molecular formula is C24H26O12. The summed E-state index contributed by atoms with van der Waals surface area (Å²) in [4.78, 5) is 13.1. The molecule has 1 aliphatic rings. The van der Waals surface area contributed by atoms with Gasteiger partial charge in [-0.15, -0.1) is 0 Å². The first-order chi connectivity index (χ1) is 17.2. The van der Waals surface area contributed by atoms with Crippen LogP contribution in [0.1, 0.15) is 0 Å². The molecular weight excluding hydrogens is 480 g/mol. The van der Waals surface area contributed by atoms with Crippen LogP contribution in [0, 0.1) is 0 Å². The second-order valence-corrected chi connectivity index (χ2v) is 7.99. The highest BCUT2D eigenvalue weighted by molar-refractivity contribution is 5.88. The molecule has 0 radical (unpaired) electrons. The largest absolute Gasteiger partial charge is 0.507 e. The number of fused-ring (bicyclic) bond motifs is 1. The quantitative estimate of drug-likeness (QED) is 0.298. The summed E-state index contributed by atoms with van der Waals surface area (Å²) in [5.74, 6) is -0.0319. The molecule has 1 fully saturated rings. The van der Waals surface area contributed by atoms with E-state index >= 15 is 0 Å². The lowest BCUT2D eigenvalue weighted by Crippen LogP contribution is -2.60. The summed E-state index contributed by atoms with van der Waals surface area (Å²) in [6, 6.07) is 7.20. The van der Waals surface area contributed by atoms with Crippen LogP contribution in [-0.2, 0) is 4.74 Å². The van der Waals surface area contributed by atoms with Gasteiger partial charge in [0.2, 0.25) is 17.5 Å². The van der Waals surface area contributed by atoms with Gasteiger partial charge in [-0.3, -0.25) is 4.79 Å². The predicted octanol–water partition coefficient (Wildman–Crippen LogP) is 0.370. The first kappa shape index (κ1) is 25.5. The Kier molecular flexibility index (Phi) is 7.24. The van der Waals surface area contributed by atoms with Crippen molar-refractivity contribution in [2.75, 3.05) is 27.9 Å². The predicted molar refractivity (Wildman–Crippen MR) is 124 cm³/mol. The number of phenolic OH excluding ortho intramolecular Hbond substituents is 1. The summed E-state index contributed by atoms with van der Waals surface area (Å²) in [7, 11) is 4.05. The molecule has 1 aliphatic heterocycles. The maximum atomic E-state index is 13.1. The van der Waals surface area contributed by atoms with Gasteiger partial charge in [0.05, 0.1) is 27.9 Å². The summed E-state index contributed by atoms with van der Waals surface area (Å²) < 4.78 is 32.8. The lowest BCUT2D eigenvalue weighted by Gasteiger charge is -2.39. The van der Waals surface area contributed by atoms with Crippen LogP contribution < -0.4 is 24.4 Å². The van der Waals surface area contributed by atoms with Crippen molar-refractivity contribution in [3.8, 4) is 40.1 Å². The molecule has 4 rings (SSSR count). The van der Waals surface area contributed by atoms with E-state index in [1.807, 2.05) is 0 Å². The Labute approximate surface area is 204 Å². The zero-order chi connectivity index (χ0) is 26.1. The van der Waals surface area contributed by atoms with Crippen molar-refractivity contribution in [2.45, 2.75) is 30.7 Å². The van der Waals surface area contributed by atoms with E-state index in [9.17, 15) is 30.3 Å². The molecule has 0 spiro atoms. The third kappa shape index (κ3) is 4.40.